The lowest BCUT2D eigenvalue weighted by atomic mass is 10.3. The van der Waals surface area contributed by atoms with Crippen molar-refractivity contribution in [3.63, 3.8) is 0 Å². The van der Waals surface area contributed by atoms with Crippen LogP contribution in [0.1, 0.15) is 19.8 Å². The molecule has 0 aliphatic carbocycles. The molecule has 2 heterocycles. The monoisotopic (exact) mass is 222 g/mol. The topological polar surface area (TPSA) is 43.4 Å². The van der Waals surface area contributed by atoms with Crippen LogP contribution in [0.3, 0.4) is 0 Å². The van der Waals surface area contributed by atoms with E-state index < -0.39 is 0 Å². The van der Waals surface area contributed by atoms with Crippen LogP contribution in [0.2, 0.25) is 0 Å². The van der Waals surface area contributed by atoms with Crippen LogP contribution < -0.4 is 10.1 Å². The van der Waals surface area contributed by atoms with Crippen molar-refractivity contribution in [1.82, 2.24) is 4.98 Å². The number of pyridine rings is 1. The fourth-order valence-corrected chi connectivity index (χ4v) is 1.65. The second-order valence-corrected chi connectivity index (χ2v) is 3.94. The van der Waals surface area contributed by atoms with Crippen molar-refractivity contribution in [3.8, 4) is 5.75 Å². The summed E-state index contributed by atoms with van der Waals surface area (Å²) in [5, 5.41) is 3.29. The average Bonchev–Trinajstić information content (AvgIpc) is 2.80. The molecule has 1 N–H and O–H groups in total. The minimum Gasteiger partial charge on any atom is -0.486 e. The van der Waals surface area contributed by atoms with E-state index in [4.69, 9.17) is 9.47 Å². The van der Waals surface area contributed by atoms with Gasteiger partial charge in [-0.15, -0.1) is 0 Å². The van der Waals surface area contributed by atoms with Crippen LogP contribution >= 0.6 is 0 Å². The van der Waals surface area contributed by atoms with Crippen LogP contribution in [0, 0.1) is 0 Å². The van der Waals surface area contributed by atoms with Crippen molar-refractivity contribution in [2.45, 2.75) is 25.9 Å². The molecule has 1 atom stereocenters. The first-order valence-corrected chi connectivity index (χ1v) is 5.82. The Bertz CT molecular complexity index is 325. The summed E-state index contributed by atoms with van der Waals surface area (Å²) in [6.07, 6.45) is 5.81. The van der Waals surface area contributed by atoms with Crippen LogP contribution in [-0.4, -0.2) is 30.8 Å². The number of ether oxygens (including phenoxy) is 2. The van der Waals surface area contributed by atoms with Crippen LogP contribution in [0.5, 0.6) is 5.75 Å². The first-order chi connectivity index (χ1) is 7.88. The summed E-state index contributed by atoms with van der Waals surface area (Å²) in [4.78, 5) is 4.15. The lowest BCUT2D eigenvalue weighted by Crippen LogP contribution is -2.15. The third kappa shape index (κ3) is 3.10. The van der Waals surface area contributed by atoms with Gasteiger partial charge < -0.3 is 14.8 Å². The minimum absolute atomic E-state index is 0.184. The molecule has 0 aromatic carbocycles. The quantitative estimate of drug-likeness (QED) is 0.828. The molecule has 1 unspecified atom stereocenters. The second kappa shape index (κ2) is 5.70. The number of rotatable bonds is 5. The van der Waals surface area contributed by atoms with Gasteiger partial charge in [-0.25, -0.2) is 0 Å². The van der Waals surface area contributed by atoms with Gasteiger partial charge in [-0.3, -0.25) is 4.98 Å². The van der Waals surface area contributed by atoms with Crippen LogP contribution in [0.15, 0.2) is 18.5 Å². The summed E-state index contributed by atoms with van der Waals surface area (Å²) in [5.74, 6) is 0.816. The van der Waals surface area contributed by atoms with Gasteiger partial charge in [0.2, 0.25) is 0 Å². The Kier molecular flexibility index (Phi) is 3.99. The van der Waals surface area contributed by atoms with Crippen LogP contribution in [0.25, 0.3) is 0 Å². The third-order valence-corrected chi connectivity index (χ3v) is 2.48. The first-order valence-electron chi connectivity index (χ1n) is 5.82. The number of hydrogen-bond acceptors (Lipinski definition) is 4. The van der Waals surface area contributed by atoms with E-state index >= 15 is 0 Å². The molecule has 1 saturated heterocycles. The third-order valence-electron chi connectivity index (χ3n) is 2.48. The zero-order valence-corrected chi connectivity index (χ0v) is 9.61. The molecule has 0 bridgehead atoms. The summed E-state index contributed by atoms with van der Waals surface area (Å²) in [6, 6.07) is 1.99. The molecule has 1 aromatic heterocycles. The Hall–Kier alpha value is -1.29. The highest BCUT2D eigenvalue weighted by Gasteiger charge is 2.17. The lowest BCUT2D eigenvalue weighted by molar-refractivity contribution is 0.141. The molecule has 16 heavy (non-hydrogen) atoms. The molecule has 1 aliphatic rings. The highest BCUT2D eigenvalue weighted by molar-refractivity contribution is 5.45. The Labute approximate surface area is 96.0 Å². The molecular formula is C12H18N2O2. The summed E-state index contributed by atoms with van der Waals surface area (Å²) in [5.41, 5.74) is 1.01. The van der Waals surface area contributed by atoms with Gasteiger partial charge in [0.25, 0.3) is 0 Å². The SMILES string of the molecule is CCCNc1cncc(OC2CCOC2)c1. The van der Waals surface area contributed by atoms with E-state index in [1.165, 1.54) is 0 Å². The maximum absolute atomic E-state index is 5.77. The summed E-state index contributed by atoms with van der Waals surface area (Å²) >= 11 is 0. The fourth-order valence-electron chi connectivity index (χ4n) is 1.65. The molecule has 0 saturated carbocycles. The molecule has 4 heteroatoms. The van der Waals surface area contributed by atoms with Crippen LogP contribution in [0.4, 0.5) is 5.69 Å². The van der Waals surface area contributed by atoms with E-state index in [1.807, 2.05) is 12.3 Å². The molecule has 2 rings (SSSR count). The van der Waals surface area contributed by atoms with Crippen molar-refractivity contribution < 1.29 is 9.47 Å². The van der Waals surface area contributed by atoms with Gasteiger partial charge in [0.1, 0.15) is 11.9 Å². The number of nitrogens with one attached hydrogen (secondary N) is 1. The van der Waals surface area contributed by atoms with Gasteiger partial charge in [0, 0.05) is 19.0 Å². The Balaban J connectivity index is 1.92. The van der Waals surface area contributed by atoms with Crippen molar-refractivity contribution in [1.29, 1.82) is 0 Å². The van der Waals surface area contributed by atoms with E-state index in [9.17, 15) is 0 Å². The summed E-state index contributed by atoms with van der Waals surface area (Å²) < 4.78 is 11.0. The van der Waals surface area contributed by atoms with Crippen LogP contribution in [-0.2, 0) is 4.74 Å². The Morgan fingerprint density at radius 1 is 1.56 bits per heavy atom. The molecule has 0 radical (unpaired) electrons. The molecule has 1 aliphatic heterocycles. The summed E-state index contributed by atoms with van der Waals surface area (Å²) in [6.45, 7) is 4.58. The van der Waals surface area contributed by atoms with E-state index in [0.29, 0.717) is 6.61 Å². The van der Waals surface area contributed by atoms with Gasteiger partial charge in [0.05, 0.1) is 31.3 Å². The highest BCUT2D eigenvalue weighted by atomic mass is 16.5. The van der Waals surface area contributed by atoms with Gasteiger partial charge >= 0.3 is 0 Å². The molecule has 1 aromatic rings. The van der Waals surface area contributed by atoms with Gasteiger partial charge in [-0.05, 0) is 6.42 Å². The standard InChI is InChI=1S/C12H18N2O2/c1-2-4-14-10-6-12(8-13-7-10)16-11-3-5-15-9-11/h6-8,11,14H,2-5,9H2,1H3. The number of hydrogen-bond donors (Lipinski definition) is 1. The number of aromatic nitrogens is 1. The highest BCUT2D eigenvalue weighted by Crippen LogP contribution is 2.19. The Morgan fingerprint density at radius 2 is 2.50 bits per heavy atom. The van der Waals surface area contributed by atoms with E-state index in [-0.39, 0.29) is 6.10 Å². The van der Waals surface area contributed by atoms with Crippen molar-refractivity contribution in [2.24, 2.45) is 0 Å². The van der Waals surface area contributed by atoms with Crippen molar-refractivity contribution >= 4 is 5.69 Å². The molecule has 88 valence electrons. The van der Waals surface area contributed by atoms with Crippen molar-refractivity contribution in [3.05, 3.63) is 18.5 Å². The zero-order chi connectivity index (χ0) is 11.2. The molecular weight excluding hydrogens is 204 g/mol. The van der Waals surface area contributed by atoms with E-state index in [1.54, 1.807) is 6.20 Å². The van der Waals surface area contributed by atoms with Gasteiger partial charge in [-0.2, -0.15) is 0 Å². The first kappa shape index (κ1) is 11.2. The smallest absolute Gasteiger partial charge is 0.140 e. The van der Waals surface area contributed by atoms with Gasteiger partial charge in [0.15, 0.2) is 0 Å². The lowest BCUT2D eigenvalue weighted by Gasteiger charge is -2.12. The predicted molar refractivity (Wildman–Crippen MR) is 62.9 cm³/mol. The number of nitrogens with zero attached hydrogens (tertiary/aromatic N) is 1. The predicted octanol–water partition coefficient (Wildman–Crippen LogP) is 2.07. The molecule has 0 spiro atoms. The molecule has 0 amide bonds. The molecule has 4 nitrogen and oxygen atoms in total. The zero-order valence-electron chi connectivity index (χ0n) is 9.61. The maximum atomic E-state index is 5.77. The fraction of sp³-hybridized carbons (Fsp3) is 0.583. The normalized spacial score (nSPS) is 19.7. The number of anilines is 1. The summed E-state index contributed by atoms with van der Waals surface area (Å²) in [7, 11) is 0. The Morgan fingerprint density at radius 3 is 3.25 bits per heavy atom. The van der Waals surface area contributed by atoms with Gasteiger partial charge in [-0.1, -0.05) is 6.92 Å². The van der Waals surface area contributed by atoms with E-state index in [0.717, 1.165) is 37.4 Å². The largest absolute Gasteiger partial charge is 0.486 e. The second-order valence-electron chi connectivity index (χ2n) is 3.94. The maximum Gasteiger partial charge on any atom is 0.140 e. The minimum atomic E-state index is 0.184. The van der Waals surface area contributed by atoms with Crippen molar-refractivity contribution in [2.75, 3.05) is 25.1 Å². The average molecular weight is 222 g/mol. The van der Waals surface area contributed by atoms with E-state index in [2.05, 4.69) is 17.2 Å². The molecule has 1 fully saturated rings.